The third-order valence-electron chi connectivity index (χ3n) is 6.24. The molecule has 1 amide bonds. The lowest BCUT2D eigenvalue weighted by atomic mass is 10.0. The van der Waals surface area contributed by atoms with Crippen LogP contribution in [0.4, 0.5) is 25.1 Å². The molecule has 1 aromatic heterocycles. The summed E-state index contributed by atoms with van der Waals surface area (Å²) in [5.74, 6) is 0.680. The van der Waals surface area contributed by atoms with E-state index in [0.717, 1.165) is 24.1 Å². The summed E-state index contributed by atoms with van der Waals surface area (Å²) in [5, 5.41) is 4.93. The van der Waals surface area contributed by atoms with Crippen LogP contribution in [-0.2, 0) is 22.4 Å². The van der Waals surface area contributed by atoms with Gasteiger partial charge in [0.25, 0.3) is 6.43 Å². The molecule has 168 valence electrons. The number of hydrogen-bond donors (Lipinski definition) is 0. The van der Waals surface area contributed by atoms with E-state index >= 15 is 0 Å². The number of anilines is 2. The molecule has 7 nitrogen and oxygen atoms in total. The van der Waals surface area contributed by atoms with Crippen molar-refractivity contribution in [2.24, 2.45) is 0 Å². The first-order valence-corrected chi connectivity index (χ1v) is 10.5. The lowest BCUT2D eigenvalue weighted by Crippen LogP contribution is -2.37. The summed E-state index contributed by atoms with van der Waals surface area (Å²) in [7, 11) is 3.20. The molecule has 0 saturated carbocycles. The van der Waals surface area contributed by atoms with Crippen molar-refractivity contribution in [2.45, 2.75) is 45.2 Å². The van der Waals surface area contributed by atoms with Gasteiger partial charge in [-0.05, 0) is 37.5 Å². The molecular formula is C22H28F2N4O3. The smallest absolute Gasteiger partial charge is 0.409 e. The molecule has 9 heteroatoms. The fraction of sp³-hybridized carbons (Fsp3) is 0.545. The standard InChI is InChI=1S/C22H28F2N4O3/c1-14-4-5-16(12-17(14)20(23)24)26(2)21-18-13-27(22(29)30-3)9-6-19(18)28(25-21)15-7-10-31-11-8-15/h4-5,12,15,20H,6-11,13H2,1-3H3. The van der Waals surface area contributed by atoms with Crippen molar-refractivity contribution in [3.8, 4) is 0 Å². The molecule has 2 aromatic rings. The number of nitrogens with zero attached hydrogens (tertiary/aromatic N) is 4. The Morgan fingerprint density at radius 1 is 1.32 bits per heavy atom. The molecular weight excluding hydrogens is 406 g/mol. The number of halogens is 2. The highest BCUT2D eigenvalue weighted by molar-refractivity contribution is 5.70. The maximum Gasteiger partial charge on any atom is 0.409 e. The average molecular weight is 434 g/mol. The summed E-state index contributed by atoms with van der Waals surface area (Å²) in [6, 6.07) is 5.27. The number of aromatic nitrogens is 2. The number of alkyl halides is 2. The maximum atomic E-state index is 13.5. The minimum absolute atomic E-state index is 0.0123. The van der Waals surface area contributed by atoms with E-state index in [4.69, 9.17) is 14.6 Å². The van der Waals surface area contributed by atoms with Crippen LogP contribution >= 0.6 is 0 Å². The molecule has 0 bridgehead atoms. The number of carbonyl (C=O) groups excluding carboxylic acids is 1. The number of fused-ring (bicyclic) bond motifs is 1. The van der Waals surface area contributed by atoms with Crippen molar-refractivity contribution in [1.82, 2.24) is 14.7 Å². The van der Waals surface area contributed by atoms with Crippen LogP contribution in [0.1, 0.15) is 47.7 Å². The minimum Gasteiger partial charge on any atom is -0.453 e. The number of benzene rings is 1. The van der Waals surface area contributed by atoms with Crippen molar-refractivity contribution in [3.05, 3.63) is 40.6 Å². The molecule has 31 heavy (non-hydrogen) atoms. The first-order chi connectivity index (χ1) is 14.9. The van der Waals surface area contributed by atoms with Gasteiger partial charge in [-0.25, -0.2) is 13.6 Å². The lowest BCUT2D eigenvalue weighted by molar-refractivity contribution is 0.0649. The highest BCUT2D eigenvalue weighted by atomic mass is 19.3. The predicted octanol–water partition coefficient (Wildman–Crippen LogP) is 4.37. The predicted molar refractivity (Wildman–Crippen MR) is 112 cm³/mol. The fourth-order valence-corrected chi connectivity index (χ4v) is 4.41. The molecule has 4 rings (SSSR count). The number of methoxy groups -OCH3 is 1. The second-order valence-corrected chi connectivity index (χ2v) is 8.08. The number of ether oxygens (including phenoxy) is 2. The van der Waals surface area contributed by atoms with E-state index in [0.29, 0.717) is 49.8 Å². The molecule has 1 aromatic carbocycles. The van der Waals surface area contributed by atoms with Gasteiger partial charge < -0.3 is 19.3 Å². The summed E-state index contributed by atoms with van der Waals surface area (Å²) in [4.78, 5) is 15.6. The summed E-state index contributed by atoms with van der Waals surface area (Å²) in [6.07, 6.45) is -0.514. The third kappa shape index (κ3) is 4.11. The van der Waals surface area contributed by atoms with Crippen LogP contribution in [0.2, 0.25) is 0 Å². The second kappa shape index (κ2) is 8.82. The highest BCUT2D eigenvalue weighted by Crippen LogP contribution is 2.37. The monoisotopic (exact) mass is 434 g/mol. The molecule has 3 heterocycles. The van der Waals surface area contributed by atoms with Crippen LogP contribution in [-0.4, -0.2) is 54.7 Å². The van der Waals surface area contributed by atoms with Crippen molar-refractivity contribution in [1.29, 1.82) is 0 Å². The quantitative estimate of drug-likeness (QED) is 0.715. The first kappa shape index (κ1) is 21.5. The van der Waals surface area contributed by atoms with Gasteiger partial charge >= 0.3 is 6.09 Å². The Balaban J connectivity index is 1.75. The van der Waals surface area contributed by atoms with Crippen LogP contribution in [0, 0.1) is 6.92 Å². The molecule has 2 aliphatic rings. The molecule has 2 aliphatic heterocycles. The van der Waals surface area contributed by atoms with Gasteiger partial charge in [-0.15, -0.1) is 0 Å². The number of amides is 1. The number of aryl methyl sites for hydroxylation is 1. The van der Waals surface area contributed by atoms with Gasteiger partial charge in [-0.2, -0.15) is 5.10 Å². The fourth-order valence-electron chi connectivity index (χ4n) is 4.41. The number of carbonyl (C=O) groups is 1. The van der Waals surface area contributed by atoms with Gasteiger partial charge in [0.05, 0.1) is 19.7 Å². The Bertz CT molecular complexity index is 956. The molecule has 0 atom stereocenters. The van der Waals surface area contributed by atoms with E-state index in [2.05, 4.69) is 4.68 Å². The van der Waals surface area contributed by atoms with Crippen molar-refractivity contribution in [2.75, 3.05) is 38.8 Å². The van der Waals surface area contributed by atoms with Crippen LogP contribution in [0.5, 0.6) is 0 Å². The molecule has 0 aliphatic carbocycles. The Labute approximate surface area is 180 Å². The molecule has 0 spiro atoms. The average Bonchev–Trinajstić information content (AvgIpc) is 3.17. The molecule has 0 unspecified atom stereocenters. The summed E-state index contributed by atoms with van der Waals surface area (Å²) in [5.41, 5.74) is 3.23. The Kier molecular flexibility index (Phi) is 6.13. The van der Waals surface area contributed by atoms with Crippen LogP contribution in [0.25, 0.3) is 0 Å². The molecule has 0 N–H and O–H groups in total. The van der Waals surface area contributed by atoms with E-state index in [9.17, 15) is 13.6 Å². The summed E-state index contributed by atoms with van der Waals surface area (Å²) in [6.45, 7) is 3.99. The highest BCUT2D eigenvalue weighted by Gasteiger charge is 2.32. The van der Waals surface area contributed by atoms with Gasteiger partial charge in [0.2, 0.25) is 0 Å². The zero-order valence-corrected chi connectivity index (χ0v) is 18.1. The van der Waals surface area contributed by atoms with E-state index in [1.807, 2.05) is 18.0 Å². The van der Waals surface area contributed by atoms with E-state index < -0.39 is 6.43 Å². The van der Waals surface area contributed by atoms with Crippen molar-refractivity contribution < 1.29 is 23.0 Å². The number of rotatable bonds is 4. The van der Waals surface area contributed by atoms with E-state index in [-0.39, 0.29) is 17.7 Å². The van der Waals surface area contributed by atoms with Gasteiger partial charge in [-0.3, -0.25) is 4.68 Å². The van der Waals surface area contributed by atoms with Gasteiger partial charge in [0, 0.05) is 55.7 Å². The van der Waals surface area contributed by atoms with Crippen LogP contribution in [0.15, 0.2) is 18.2 Å². The van der Waals surface area contributed by atoms with E-state index in [1.165, 1.54) is 13.2 Å². The molecule has 1 saturated heterocycles. The number of hydrogen-bond acceptors (Lipinski definition) is 5. The third-order valence-corrected chi connectivity index (χ3v) is 6.24. The minimum atomic E-state index is -2.54. The second-order valence-electron chi connectivity index (χ2n) is 8.08. The van der Waals surface area contributed by atoms with Crippen LogP contribution < -0.4 is 4.90 Å². The Hall–Kier alpha value is -2.68. The first-order valence-electron chi connectivity index (χ1n) is 10.5. The van der Waals surface area contributed by atoms with E-state index in [1.54, 1.807) is 17.9 Å². The van der Waals surface area contributed by atoms with Crippen molar-refractivity contribution in [3.63, 3.8) is 0 Å². The van der Waals surface area contributed by atoms with Crippen LogP contribution in [0.3, 0.4) is 0 Å². The molecule has 0 radical (unpaired) electrons. The normalized spacial score (nSPS) is 17.0. The Morgan fingerprint density at radius 2 is 2.06 bits per heavy atom. The topological polar surface area (TPSA) is 59.8 Å². The Morgan fingerprint density at radius 3 is 2.74 bits per heavy atom. The maximum absolute atomic E-state index is 13.5. The zero-order valence-electron chi connectivity index (χ0n) is 18.1. The van der Waals surface area contributed by atoms with Crippen molar-refractivity contribution >= 4 is 17.6 Å². The zero-order chi connectivity index (χ0) is 22.1. The van der Waals surface area contributed by atoms with Gasteiger partial charge in [0.15, 0.2) is 5.82 Å². The largest absolute Gasteiger partial charge is 0.453 e. The van der Waals surface area contributed by atoms with Gasteiger partial charge in [-0.1, -0.05) is 6.07 Å². The molecule has 1 fully saturated rings. The lowest BCUT2D eigenvalue weighted by Gasteiger charge is -2.29. The van der Waals surface area contributed by atoms with Gasteiger partial charge in [0.1, 0.15) is 0 Å². The SMILES string of the molecule is COC(=O)N1CCc2c(c(N(C)c3ccc(C)c(C(F)F)c3)nn2C2CCOCC2)C1. The summed E-state index contributed by atoms with van der Waals surface area (Å²) < 4.78 is 39.4. The summed E-state index contributed by atoms with van der Waals surface area (Å²) >= 11 is 0.